The van der Waals surface area contributed by atoms with E-state index in [1.54, 1.807) is 37.9 Å². The second-order valence-electron chi connectivity index (χ2n) is 11.8. The second kappa shape index (κ2) is 12.0. The number of aliphatic carboxylic acids is 1. The Morgan fingerprint density at radius 3 is 2.72 bits per heavy atom. The molecule has 3 aliphatic heterocycles. The number of benzene rings is 1. The van der Waals surface area contributed by atoms with Gasteiger partial charge >= 0.3 is 18.0 Å². The quantitative estimate of drug-likeness (QED) is 0.383. The van der Waals surface area contributed by atoms with Crippen molar-refractivity contribution >= 4 is 51.1 Å². The molecule has 11 nitrogen and oxygen atoms in total. The van der Waals surface area contributed by atoms with Gasteiger partial charge in [-0.1, -0.05) is 22.0 Å². The van der Waals surface area contributed by atoms with Crippen LogP contribution in [0.1, 0.15) is 44.3 Å². The van der Waals surface area contributed by atoms with Crippen LogP contribution in [0.5, 0.6) is 0 Å². The fourth-order valence-corrected chi connectivity index (χ4v) is 7.02. The van der Waals surface area contributed by atoms with Gasteiger partial charge in [-0.15, -0.1) is 11.3 Å². The van der Waals surface area contributed by atoms with Gasteiger partial charge in [-0.2, -0.15) is 0 Å². The van der Waals surface area contributed by atoms with Crippen molar-refractivity contribution in [3.8, 4) is 0 Å². The lowest BCUT2D eigenvalue weighted by molar-refractivity contribution is -0.147. The summed E-state index contributed by atoms with van der Waals surface area (Å²) in [4.78, 5) is 53.4. The Morgan fingerprint density at radius 2 is 2.07 bits per heavy atom. The van der Waals surface area contributed by atoms with E-state index in [1.165, 1.54) is 23.5 Å². The minimum absolute atomic E-state index is 0.106. The van der Waals surface area contributed by atoms with Crippen molar-refractivity contribution in [3.63, 3.8) is 0 Å². The summed E-state index contributed by atoms with van der Waals surface area (Å²) in [6.07, 6.45) is 1.67. The average Bonchev–Trinajstić information content (AvgIpc) is 3.54. The number of fused-ring (bicyclic) bond motifs is 1. The molecular weight excluding hydrogens is 643 g/mol. The minimum atomic E-state index is -1.08. The van der Waals surface area contributed by atoms with Gasteiger partial charge in [0.2, 0.25) is 0 Å². The summed E-state index contributed by atoms with van der Waals surface area (Å²) in [6, 6.07) is 3.32. The highest BCUT2D eigenvalue weighted by molar-refractivity contribution is 9.10. The Hall–Kier alpha value is -3.36. The van der Waals surface area contributed by atoms with Gasteiger partial charge in [0, 0.05) is 61.0 Å². The van der Waals surface area contributed by atoms with Crippen molar-refractivity contribution < 1.29 is 28.6 Å². The molecule has 1 aromatic carbocycles. The first-order valence-corrected chi connectivity index (χ1v) is 15.6. The van der Waals surface area contributed by atoms with Crippen molar-refractivity contribution in [1.82, 2.24) is 25.0 Å². The number of halogens is 2. The third kappa shape index (κ3) is 6.18. The van der Waals surface area contributed by atoms with E-state index in [1.807, 2.05) is 17.2 Å². The Balaban J connectivity index is 1.48. The van der Waals surface area contributed by atoms with Crippen LogP contribution in [0.2, 0.25) is 0 Å². The smallest absolute Gasteiger partial charge is 0.338 e. The van der Waals surface area contributed by atoms with Crippen molar-refractivity contribution in [2.75, 3.05) is 45.9 Å². The van der Waals surface area contributed by atoms with Crippen molar-refractivity contribution in [2.24, 2.45) is 10.4 Å². The normalized spacial score (nSPS) is 22.8. The lowest BCUT2D eigenvalue weighted by Crippen LogP contribution is -2.60. The molecule has 0 bridgehead atoms. The molecule has 3 aliphatic rings. The van der Waals surface area contributed by atoms with Crippen LogP contribution in [0.25, 0.3) is 0 Å². The van der Waals surface area contributed by atoms with Crippen molar-refractivity contribution in [1.29, 1.82) is 0 Å². The fourth-order valence-electron chi connectivity index (χ4n) is 5.86. The number of esters is 1. The number of carboxylic acid groups (broad SMARTS) is 1. The van der Waals surface area contributed by atoms with Gasteiger partial charge in [-0.3, -0.25) is 14.7 Å². The number of piperazine rings is 1. The van der Waals surface area contributed by atoms with E-state index >= 15 is 0 Å². The summed E-state index contributed by atoms with van der Waals surface area (Å²) in [5, 5.41) is 15.4. The number of ether oxygens (including phenoxy) is 1. The van der Waals surface area contributed by atoms with E-state index in [4.69, 9.17) is 9.73 Å². The molecule has 2 N–H and O–H groups in total. The zero-order chi connectivity index (χ0) is 31.1. The molecule has 2 fully saturated rings. The molecule has 14 heteroatoms. The highest BCUT2D eigenvalue weighted by Gasteiger charge is 2.51. The van der Waals surface area contributed by atoms with Gasteiger partial charge in [-0.05, 0) is 45.4 Å². The van der Waals surface area contributed by atoms with Gasteiger partial charge in [0.05, 0.1) is 23.1 Å². The number of thiazole rings is 1. The first-order valence-electron chi connectivity index (χ1n) is 13.9. The molecule has 2 amide bonds. The van der Waals surface area contributed by atoms with Crippen LogP contribution in [0.4, 0.5) is 9.18 Å². The lowest BCUT2D eigenvalue weighted by Gasteiger charge is -2.44. The Bertz CT molecular complexity index is 1500. The van der Waals surface area contributed by atoms with Crippen molar-refractivity contribution in [3.05, 3.63) is 61.9 Å². The van der Waals surface area contributed by atoms with E-state index in [9.17, 15) is 23.9 Å². The molecule has 0 radical (unpaired) electrons. The van der Waals surface area contributed by atoms with Gasteiger partial charge in [0.15, 0.2) is 10.8 Å². The van der Waals surface area contributed by atoms with Gasteiger partial charge in [0.25, 0.3) is 0 Å². The molecule has 0 aliphatic carbocycles. The molecular formula is C29H34BrFN6O5S. The third-order valence-electron chi connectivity index (χ3n) is 7.95. The maximum atomic E-state index is 14.0. The topological polar surface area (TPSA) is 128 Å². The number of aliphatic imine (C=N–C) groups is 1. The van der Waals surface area contributed by atoms with E-state index < -0.39 is 34.8 Å². The highest BCUT2D eigenvalue weighted by atomic mass is 79.9. The molecule has 43 heavy (non-hydrogen) atoms. The minimum Gasteiger partial charge on any atom is -0.481 e. The monoisotopic (exact) mass is 676 g/mol. The summed E-state index contributed by atoms with van der Waals surface area (Å²) in [7, 11) is 0. The van der Waals surface area contributed by atoms with Crippen LogP contribution in [-0.4, -0.2) is 100 Å². The average molecular weight is 678 g/mol. The van der Waals surface area contributed by atoms with E-state index in [0.29, 0.717) is 64.9 Å². The zero-order valence-electron chi connectivity index (χ0n) is 24.4. The first kappa shape index (κ1) is 31.1. The number of amidine groups is 1. The van der Waals surface area contributed by atoms with Crippen LogP contribution in [0, 0.1) is 11.2 Å². The molecule has 5 rings (SSSR count). The fraction of sp³-hybridized carbons (Fsp3) is 0.483. The number of aromatic nitrogens is 1. The number of carbonyl (C=O) groups excluding carboxylic acids is 2. The Morgan fingerprint density at radius 1 is 1.30 bits per heavy atom. The molecule has 2 atom stereocenters. The van der Waals surface area contributed by atoms with Crippen LogP contribution >= 0.6 is 27.3 Å². The summed E-state index contributed by atoms with van der Waals surface area (Å²) >= 11 is 4.86. The number of rotatable bonds is 9. The summed E-state index contributed by atoms with van der Waals surface area (Å²) in [5.41, 5.74) is -0.137. The molecule has 2 aromatic rings. The van der Waals surface area contributed by atoms with E-state index in [0.717, 1.165) is 0 Å². The molecule has 0 spiro atoms. The number of hydrogen-bond donors (Lipinski definition) is 2. The number of amides is 2. The van der Waals surface area contributed by atoms with Gasteiger partial charge in [0.1, 0.15) is 11.9 Å². The number of carboxylic acids is 1. The number of urea groups is 1. The number of nitrogens with zero attached hydrogens (tertiary/aromatic N) is 5. The van der Waals surface area contributed by atoms with Crippen LogP contribution in [-0.2, 0) is 14.3 Å². The molecule has 1 aromatic heterocycles. The zero-order valence-corrected chi connectivity index (χ0v) is 26.8. The summed E-state index contributed by atoms with van der Waals surface area (Å²) < 4.78 is 20.0. The van der Waals surface area contributed by atoms with E-state index in [-0.39, 0.29) is 19.2 Å². The predicted molar refractivity (Wildman–Crippen MR) is 162 cm³/mol. The molecule has 4 heterocycles. The Kier molecular flexibility index (Phi) is 8.65. The molecule has 0 saturated carbocycles. The highest BCUT2D eigenvalue weighted by Crippen LogP contribution is 2.38. The SMILES string of the molecule is CCOC(=O)C1=C(CN2CCN3C(=O)N(CC(C)(C)C(=O)O)CC3(C)C2)NC(c2nccs2)=NC1c1ccc(F)cc1Br. The summed E-state index contributed by atoms with van der Waals surface area (Å²) in [6.45, 7) is 9.42. The maximum absolute atomic E-state index is 14.0. The number of carbonyl (C=O) groups is 3. The van der Waals surface area contributed by atoms with Gasteiger partial charge < -0.3 is 25.0 Å². The van der Waals surface area contributed by atoms with E-state index in [2.05, 4.69) is 31.1 Å². The summed E-state index contributed by atoms with van der Waals surface area (Å²) in [5.74, 6) is -1.43. The number of hydrogen-bond acceptors (Lipinski definition) is 9. The van der Waals surface area contributed by atoms with Crippen molar-refractivity contribution in [2.45, 2.75) is 39.3 Å². The number of nitrogens with one attached hydrogen (secondary N) is 1. The van der Waals surface area contributed by atoms with Crippen LogP contribution in [0.3, 0.4) is 0 Å². The Labute approximate surface area is 261 Å². The largest absolute Gasteiger partial charge is 0.481 e. The maximum Gasteiger partial charge on any atom is 0.338 e. The van der Waals surface area contributed by atoms with Gasteiger partial charge in [-0.25, -0.2) is 19.0 Å². The van der Waals surface area contributed by atoms with Crippen LogP contribution < -0.4 is 5.32 Å². The molecule has 230 valence electrons. The molecule has 2 unspecified atom stereocenters. The first-order chi connectivity index (χ1) is 20.3. The standard InChI is InChI=1S/C29H34BrFN6O5S/c1-5-42-25(38)21-20(33-23(24-32-8-11-43-24)34-22(21)18-7-6-17(31)12-19(18)30)13-35-9-10-37-27(41)36(16-29(37,4)15-35)14-28(2,3)26(39)40/h6-8,11-12,22H,5,9-10,13-16H2,1-4H3,(H,33,34)(H,39,40). The second-order valence-corrected chi connectivity index (χ2v) is 13.6. The lowest BCUT2D eigenvalue weighted by atomic mass is 9.92. The molecule has 2 saturated heterocycles. The van der Waals surface area contributed by atoms with Crippen LogP contribution in [0.15, 0.2) is 50.5 Å². The predicted octanol–water partition coefficient (Wildman–Crippen LogP) is 3.88. The third-order valence-corrected chi connectivity index (χ3v) is 9.42.